The van der Waals surface area contributed by atoms with Gasteiger partial charge in [-0.3, -0.25) is 0 Å². The van der Waals surface area contributed by atoms with E-state index in [0.29, 0.717) is 11.3 Å². The normalized spacial score (nSPS) is 12.1. The molecule has 0 aliphatic heterocycles. The van der Waals surface area contributed by atoms with Gasteiger partial charge in [0.25, 0.3) is 0 Å². The minimum Gasteiger partial charge on any atom is -0.360 e. The van der Waals surface area contributed by atoms with Crippen LogP contribution in [0.1, 0.15) is 32.7 Å². The van der Waals surface area contributed by atoms with Crippen molar-refractivity contribution in [2.45, 2.75) is 34.6 Å². The number of rotatable bonds is 4. The molecule has 1 aromatic heterocycles. The second-order valence-electron chi connectivity index (χ2n) is 4.62. The Morgan fingerprint density at radius 2 is 2.00 bits per heavy atom. The van der Waals surface area contributed by atoms with Crippen LogP contribution in [0.15, 0.2) is 0 Å². The summed E-state index contributed by atoms with van der Waals surface area (Å²) in [4.78, 5) is 0. The van der Waals surface area contributed by atoms with Gasteiger partial charge in [0.1, 0.15) is 5.01 Å². The van der Waals surface area contributed by atoms with Crippen molar-refractivity contribution in [2.24, 2.45) is 11.3 Å². The summed E-state index contributed by atoms with van der Waals surface area (Å²) in [6.07, 6.45) is 0. The molecular formula is C10H19N3S. The SMILES string of the molecule is Cc1nnc(NCC(C)(C)C(C)C)s1. The topological polar surface area (TPSA) is 37.8 Å². The number of nitrogens with zero attached hydrogens (tertiary/aromatic N) is 2. The fourth-order valence-corrected chi connectivity index (χ4v) is 1.46. The maximum absolute atomic E-state index is 4.04. The number of aromatic nitrogens is 2. The van der Waals surface area contributed by atoms with Crippen molar-refractivity contribution in [3.63, 3.8) is 0 Å². The molecule has 1 heterocycles. The van der Waals surface area contributed by atoms with Gasteiger partial charge in [-0.1, -0.05) is 39.0 Å². The highest BCUT2D eigenvalue weighted by atomic mass is 32.1. The van der Waals surface area contributed by atoms with Crippen LogP contribution in [0.4, 0.5) is 5.13 Å². The first kappa shape index (κ1) is 11.4. The Hall–Kier alpha value is -0.640. The lowest BCUT2D eigenvalue weighted by atomic mass is 9.81. The highest BCUT2D eigenvalue weighted by Crippen LogP contribution is 2.26. The zero-order valence-corrected chi connectivity index (χ0v) is 10.4. The third-order valence-corrected chi connectivity index (χ3v) is 3.58. The van der Waals surface area contributed by atoms with E-state index in [1.165, 1.54) is 0 Å². The van der Waals surface area contributed by atoms with Gasteiger partial charge in [-0.15, -0.1) is 10.2 Å². The third kappa shape index (κ3) is 2.94. The maximum atomic E-state index is 4.04. The summed E-state index contributed by atoms with van der Waals surface area (Å²) in [6, 6.07) is 0. The smallest absolute Gasteiger partial charge is 0.205 e. The molecule has 4 heteroatoms. The van der Waals surface area contributed by atoms with Gasteiger partial charge < -0.3 is 5.32 Å². The number of anilines is 1. The van der Waals surface area contributed by atoms with Gasteiger partial charge >= 0.3 is 0 Å². The van der Waals surface area contributed by atoms with Crippen LogP contribution < -0.4 is 5.32 Å². The molecule has 0 amide bonds. The number of hydrogen-bond acceptors (Lipinski definition) is 4. The van der Waals surface area contributed by atoms with E-state index in [0.717, 1.165) is 16.7 Å². The molecule has 1 aromatic rings. The molecule has 0 bridgehead atoms. The van der Waals surface area contributed by atoms with Crippen LogP contribution in [0.3, 0.4) is 0 Å². The van der Waals surface area contributed by atoms with Gasteiger partial charge in [0.15, 0.2) is 0 Å². The van der Waals surface area contributed by atoms with Crippen LogP contribution in [0.5, 0.6) is 0 Å². The molecule has 1 rings (SSSR count). The number of hydrogen-bond donors (Lipinski definition) is 1. The van der Waals surface area contributed by atoms with E-state index in [2.05, 4.69) is 43.2 Å². The minimum atomic E-state index is 0.291. The monoisotopic (exact) mass is 213 g/mol. The Morgan fingerprint density at radius 3 is 2.43 bits per heavy atom. The van der Waals surface area contributed by atoms with Gasteiger partial charge in [0.05, 0.1) is 0 Å². The van der Waals surface area contributed by atoms with Crippen LogP contribution in [0, 0.1) is 18.3 Å². The van der Waals surface area contributed by atoms with Gasteiger partial charge in [-0.05, 0) is 18.3 Å². The Balaban J connectivity index is 2.48. The molecule has 80 valence electrons. The zero-order chi connectivity index (χ0) is 10.8. The summed E-state index contributed by atoms with van der Waals surface area (Å²) < 4.78 is 0. The van der Waals surface area contributed by atoms with E-state index in [-0.39, 0.29) is 0 Å². The van der Waals surface area contributed by atoms with Crippen molar-refractivity contribution in [2.75, 3.05) is 11.9 Å². The van der Waals surface area contributed by atoms with Crippen molar-refractivity contribution in [3.05, 3.63) is 5.01 Å². The standard InChI is InChI=1S/C10H19N3S/c1-7(2)10(4,5)6-11-9-13-12-8(3)14-9/h7H,6H2,1-5H3,(H,11,13). The van der Waals surface area contributed by atoms with E-state index in [1.807, 2.05) is 6.92 Å². The van der Waals surface area contributed by atoms with Crippen LogP contribution in [-0.4, -0.2) is 16.7 Å². The third-order valence-electron chi connectivity index (χ3n) is 2.78. The predicted molar refractivity (Wildman–Crippen MR) is 61.8 cm³/mol. The average molecular weight is 213 g/mol. The lowest BCUT2D eigenvalue weighted by Gasteiger charge is -2.29. The molecule has 0 saturated heterocycles. The Morgan fingerprint density at radius 1 is 1.36 bits per heavy atom. The van der Waals surface area contributed by atoms with Crippen molar-refractivity contribution >= 4 is 16.5 Å². The molecule has 0 atom stereocenters. The Kier molecular flexibility index (Phi) is 3.48. The lowest BCUT2D eigenvalue weighted by Crippen LogP contribution is -2.28. The summed E-state index contributed by atoms with van der Waals surface area (Å²) >= 11 is 1.61. The van der Waals surface area contributed by atoms with Crippen molar-refractivity contribution in [1.29, 1.82) is 0 Å². The molecular weight excluding hydrogens is 194 g/mol. The van der Waals surface area contributed by atoms with E-state index in [4.69, 9.17) is 0 Å². The lowest BCUT2D eigenvalue weighted by molar-refractivity contribution is 0.269. The summed E-state index contributed by atoms with van der Waals surface area (Å²) in [6.45, 7) is 11.9. The highest BCUT2D eigenvalue weighted by Gasteiger charge is 2.22. The molecule has 1 N–H and O–H groups in total. The molecule has 0 saturated carbocycles. The van der Waals surface area contributed by atoms with Gasteiger partial charge in [-0.25, -0.2) is 0 Å². The van der Waals surface area contributed by atoms with Crippen molar-refractivity contribution in [1.82, 2.24) is 10.2 Å². The molecule has 0 spiro atoms. The van der Waals surface area contributed by atoms with E-state index in [9.17, 15) is 0 Å². The average Bonchev–Trinajstić information content (AvgIpc) is 2.48. The molecule has 0 fully saturated rings. The maximum Gasteiger partial charge on any atom is 0.205 e. The van der Waals surface area contributed by atoms with E-state index in [1.54, 1.807) is 11.3 Å². The molecule has 0 aliphatic carbocycles. The van der Waals surface area contributed by atoms with E-state index < -0.39 is 0 Å². The fourth-order valence-electron chi connectivity index (χ4n) is 0.876. The first-order valence-electron chi connectivity index (χ1n) is 4.96. The summed E-state index contributed by atoms with van der Waals surface area (Å²) in [5, 5.41) is 13.3. The Labute approximate surface area is 89.9 Å². The molecule has 14 heavy (non-hydrogen) atoms. The predicted octanol–water partition coefficient (Wildman–Crippen LogP) is 2.94. The van der Waals surface area contributed by atoms with Crippen LogP contribution in [0.25, 0.3) is 0 Å². The zero-order valence-electron chi connectivity index (χ0n) is 9.59. The molecule has 0 unspecified atom stereocenters. The Bertz CT molecular complexity index is 291. The van der Waals surface area contributed by atoms with Gasteiger partial charge in [-0.2, -0.15) is 0 Å². The number of nitrogens with one attached hydrogen (secondary N) is 1. The molecule has 3 nitrogen and oxygen atoms in total. The van der Waals surface area contributed by atoms with Crippen LogP contribution in [0.2, 0.25) is 0 Å². The highest BCUT2D eigenvalue weighted by molar-refractivity contribution is 7.15. The fraction of sp³-hybridized carbons (Fsp3) is 0.800. The summed E-state index contributed by atoms with van der Waals surface area (Å²) in [7, 11) is 0. The van der Waals surface area contributed by atoms with Crippen molar-refractivity contribution < 1.29 is 0 Å². The molecule has 0 aliphatic rings. The number of aryl methyl sites for hydroxylation is 1. The first-order chi connectivity index (χ1) is 6.42. The second kappa shape index (κ2) is 4.26. The summed E-state index contributed by atoms with van der Waals surface area (Å²) in [5.74, 6) is 0.656. The van der Waals surface area contributed by atoms with Gasteiger partial charge in [0.2, 0.25) is 5.13 Å². The second-order valence-corrected chi connectivity index (χ2v) is 5.80. The van der Waals surface area contributed by atoms with Crippen molar-refractivity contribution in [3.8, 4) is 0 Å². The molecule has 0 aromatic carbocycles. The van der Waals surface area contributed by atoms with Gasteiger partial charge in [0, 0.05) is 6.54 Å². The van der Waals surface area contributed by atoms with Crippen LogP contribution >= 0.6 is 11.3 Å². The van der Waals surface area contributed by atoms with E-state index >= 15 is 0 Å². The largest absolute Gasteiger partial charge is 0.360 e. The molecule has 0 radical (unpaired) electrons. The first-order valence-corrected chi connectivity index (χ1v) is 5.77. The minimum absolute atomic E-state index is 0.291. The summed E-state index contributed by atoms with van der Waals surface area (Å²) in [5.41, 5.74) is 0.291. The van der Waals surface area contributed by atoms with Crippen LogP contribution in [-0.2, 0) is 0 Å². The quantitative estimate of drug-likeness (QED) is 0.835.